The monoisotopic (exact) mass is 349 g/mol. The van der Waals surface area contributed by atoms with E-state index in [1.165, 1.54) is 24.3 Å². The molecule has 1 aromatic heterocycles. The number of anilines is 1. The van der Waals surface area contributed by atoms with Crippen LogP contribution in [-0.2, 0) is 0 Å². The Morgan fingerprint density at radius 3 is 2.43 bits per heavy atom. The average Bonchev–Trinajstić information content (AvgIpc) is 3.01. The van der Waals surface area contributed by atoms with Gasteiger partial charge in [-0.2, -0.15) is 0 Å². The number of rotatable bonds is 3. The minimum Gasteiger partial charge on any atom is -0.451 e. The number of halogens is 3. The molecule has 0 unspecified atom stereocenters. The molecule has 1 amide bonds. The van der Waals surface area contributed by atoms with Crippen molar-refractivity contribution in [3.8, 4) is 11.3 Å². The van der Waals surface area contributed by atoms with Crippen molar-refractivity contribution in [3.63, 3.8) is 0 Å². The second-order valence-corrected chi connectivity index (χ2v) is 5.59. The normalized spacial score (nSPS) is 10.6. The molecule has 0 bridgehead atoms. The minimum absolute atomic E-state index is 0.121. The standard InChI is InChI=1S/C17H10Cl2FNO2/c18-11-3-6-14(13(19)9-11)21-17(22)16-8-7-15(23-16)10-1-4-12(20)5-2-10/h1-9H,(H,21,22). The molecule has 0 aliphatic carbocycles. The summed E-state index contributed by atoms with van der Waals surface area (Å²) in [7, 11) is 0. The van der Waals surface area contributed by atoms with Gasteiger partial charge in [0.25, 0.3) is 5.91 Å². The third kappa shape index (κ3) is 3.55. The van der Waals surface area contributed by atoms with E-state index in [-0.39, 0.29) is 11.6 Å². The van der Waals surface area contributed by atoms with Gasteiger partial charge in [0.2, 0.25) is 0 Å². The molecular weight excluding hydrogens is 340 g/mol. The Hall–Kier alpha value is -2.30. The molecule has 2 aromatic carbocycles. The second kappa shape index (κ2) is 6.44. The number of nitrogens with one attached hydrogen (secondary N) is 1. The topological polar surface area (TPSA) is 42.2 Å². The van der Waals surface area contributed by atoms with Gasteiger partial charge in [0.1, 0.15) is 11.6 Å². The van der Waals surface area contributed by atoms with Crippen molar-refractivity contribution in [2.45, 2.75) is 0 Å². The summed E-state index contributed by atoms with van der Waals surface area (Å²) in [6, 6.07) is 13.7. The highest BCUT2D eigenvalue weighted by molar-refractivity contribution is 6.36. The molecule has 0 spiro atoms. The van der Waals surface area contributed by atoms with Crippen LogP contribution >= 0.6 is 23.2 Å². The first kappa shape index (κ1) is 15.6. The minimum atomic E-state index is -0.442. The maximum absolute atomic E-state index is 12.9. The molecule has 116 valence electrons. The lowest BCUT2D eigenvalue weighted by Gasteiger charge is -2.05. The molecule has 23 heavy (non-hydrogen) atoms. The Morgan fingerprint density at radius 1 is 1.00 bits per heavy atom. The van der Waals surface area contributed by atoms with Crippen LogP contribution in [0.4, 0.5) is 10.1 Å². The largest absolute Gasteiger partial charge is 0.451 e. The predicted molar refractivity (Wildman–Crippen MR) is 88.5 cm³/mol. The number of hydrogen-bond donors (Lipinski definition) is 1. The smallest absolute Gasteiger partial charge is 0.291 e. The van der Waals surface area contributed by atoms with Gasteiger partial charge in [0.05, 0.1) is 10.7 Å². The number of carbonyl (C=O) groups excluding carboxylic acids is 1. The Morgan fingerprint density at radius 2 is 1.74 bits per heavy atom. The van der Waals surface area contributed by atoms with Crippen molar-refractivity contribution in [3.05, 3.63) is 76.2 Å². The number of benzene rings is 2. The van der Waals surface area contributed by atoms with Crippen LogP contribution in [0.15, 0.2) is 59.0 Å². The lowest BCUT2D eigenvalue weighted by molar-refractivity contribution is 0.0997. The fraction of sp³-hybridized carbons (Fsp3) is 0. The number of hydrogen-bond acceptors (Lipinski definition) is 2. The Kier molecular flexibility index (Phi) is 4.37. The van der Waals surface area contributed by atoms with Crippen LogP contribution in [0.2, 0.25) is 10.0 Å². The summed E-state index contributed by atoms with van der Waals surface area (Å²) in [6.45, 7) is 0. The van der Waals surface area contributed by atoms with E-state index in [0.717, 1.165) is 0 Å². The van der Waals surface area contributed by atoms with Crippen molar-refractivity contribution < 1.29 is 13.6 Å². The third-order valence-electron chi connectivity index (χ3n) is 3.14. The quantitative estimate of drug-likeness (QED) is 0.664. The molecule has 3 aromatic rings. The molecule has 0 radical (unpaired) electrons. The van der Waals surface area contributed by atoms with Crippen molar-refractivity contribution in [2.75, 3.05) is 5.32 Å². The zero-order valence-electron chi connectivity index (χ0n) is 11.6. The molecule has 0 saturated carbocycles. The molecule has 0 aliphatic heterocycles. The zero-order valence-corrected chi connectivity index (χ0v) is 13.2. The van der Waals surface area contributed by atoms with E-state index >= 15 is 0 Å². The van der Waals surface area contributed by atoms with Gasteiger partial charge in [-0.3, -0.25) is 4.79 Å². The Balaban J connectivity index is 1.79. The van der Waals surface area contributed by atoms with Gasteiger partial charge in [-0.05, 0) is 54.6 Å². The average molecular weight is 350 g/mol. The molecule has 1 heterocycles. The molecular formula is C17H10Cl2FNO2. The van der Waals surface area contributed by atoms with E-state index in [2.05, 4.69) is 5.32 Å². The van der Waals surface area contributed by atoms with Gasteiger partial charge in [-0.25, -0.2) is 4.39 Å². The van der Waals surface area contributed by atoms with Crippen LogP contribution in [0.25, 0.3) is 11.3 Å². The first-order chi connectivity index (χ1) is 11.0. The maximum Gasteiger partial charge on any atom is 0.291 e. The van der Waals surface area contributed by atoms with Crippen molar-refractivity contribution in [1.29, 1.82) is 0 Å². The third-order valence-corrected chi connectivity index (χ3v) is 3.69. The number of amides is 1. The lowest BCUT2D eigenvalue weighted by Crippen LogP contribution is -2.11. The van der Waals surface area contributed by atoms with Crippen LogP contribution in [0.5, 0.6) is 0 Å². The SMILES string of the molecule is O=C(Nc1ccc(Cl)cc1Cl)c1ccc(-c2ccc(F)cc2)o1. The van der Waals surface area contributed by atoms with Gasteiger partial charge < -0.3 is 9.73 Å². The van der Waals surface area contributed by atoms with Gasteiger partial charge in [-0.1, -0.05) is 23.2 Å². The summed E-state index contributed by atoms with van der Waals surface area (Å²) in [5.41, 5.74) is 1.11. The molecule has 6 heteroatoms. The first-order valence-corrected chi connectivity index (χ1v) is 7.41. The van der Waals surface area contributed by atoms with E-state index in [1.807, 2.05) is 0 Å². The van der Waals surface area contributed by atoms with E-state index in [9.17, 15) is 9.18 Å². The lowest BCUT2D eigenvalue weighted by atomic mass is 10.2. The Labute approximate surface area is 141 Å². The van der Waals surface area contributed by atoms with Crippen LogP contribution in [0.3, 0.4) is 0 Å². The van der Waals surface area contributed by atoms with Gasteiger partial charge in [0, 0.05) is 10.6 Å². The van der Waals surface area contributed by atoms with E-state index in [4.69, 9.17) is 27.6 Å². The van der Waals surface area contributed by atoms with Crippen molar-refractivity contribution >= 4 is 34.8 Å². The van der Waals surface area contributed by atoms with Crippen LogP contribution in [0, 0.1) is 5.82 Å². The highest BCUT2D eigenvalue weighted by Gasteiger charge is 2.14. The van der Waals surface area contributed by atoms with Gasteiger partial charge in [0.15, 0.2) is 5.76 Å². The van der Waals surface area contributed by atoms with Gasteiger partial charge in [-0.15, -0.1) is 0 Å². The Bertz CT molecular complexity index is 859. The van der Waals surface area contributed by atoms with E-state index < -0.39 is 5.91 Å². The van der Waals surface area contributed by atoms with Crippen LogP contribution in [0.1, 0.15) is 10.6 Å². The van der Waals surface area contributed by atoms with Crippen LogP contribution < -0.4 is 5.32 Å². The molecule has 3 rings (SSSR count). The number of carbonyl (C=O) groups is 1. The van der Waals surface area contributed by atoms with Crippen LogP contribution in [-0.4, -0.2) is 5.91 Å². The highest BCUT2D eigenvalue weighted by Crippen LogP contribution is 2.27. The van der Waals surface area contributed by atoms with Crippen molar-refractivity contribution in [2.24, 2.45) is 0 Å². The fourth-order valence-electron chi connectivity index (χ4n) is 2.00. The maximum atomic E-state index is 12.9. The molecule has 0 saturated heterocycles. The second-order valence-electron chi connectivity index (χ2n) is 4.75. The molecule has 0 atom stereocenters. The molecule has 0 fully saturated rings. The number of furan rings is 1. The summed E-state index contributed by atoms with van der Waals surface area (Å²) >= 11 is 11.8. The summed E-state index contributed by atoms with van der Waals surface area (Å²) in [4.78, 5) is 12.2. The van der Waals surface area contributed by atoms with E-state index in [1.54, 1.807) is 30.3 Å². The first-order valence-electron chi connectivity index (χ1n) is 6.65. The fourth-order valence-corrected chi connectivity index (χ4v) is 2.46. The summed E-state index contributed by atoms with van der Waals surface area (Å²) in [5.74, 6) is -0.189. The van der Waals surface area contributed by atoms with Gasteiger partial charge >= 0.3 is 0 Å². The summed E-state index contributed by atoms with van der Waals surface area (Å²) in [6.07, 6.45) is 0. The van der Waals surface area contributed by atoms with Crippen molar-refractivity contribution in [1.82, 2.24) is 0 Å². The highest BCUT2D eigenvalue weighted by atomic mass is 35.5. The zero-order chi connectivity index (χ0) is 16.4. The summed E-state index contributed by atoms with van der Waals surface area (Å²) < 4.78 is 18.4. The molecule has 0 aliphatic rings. The predicted octanol–water partition coefficient (Wildman–Crippen LogP) is 5.64. The van der Waals surface area contributed by atoms with E-state index in [0.29, 0.717) is 27.1 Å². The molecule has 1 N–H and O–H groups in total. The molecule has 3 nitrogen and oxygen atoms in total. The summed E-state index contributed by atoms with van der Waals surface area (Å²) in [5, 5.41) is 3.45.